The van der Waals surface area contributed by atoms with Gasteiger partial charge in [0.25, 0.3) is 0 Å². The third kappa shape index (κ3) is 3.20. The molecule has 0 aromatic heterocycles. The van der Waals surface area contributed by atoms with Gasteiger partial charge in [-0.15, -0.1) is 0 Å². The Labute approximate surface area is 86.1 Å². The lowest BCUT2D eigenvalue weighted by molar-refractivity contribution is -0.126. The number of hydrazine groups is 1. The van der Waals surface area contributed by atoms with Crippen molar-refractivity contribution in [2.24, 2.45) is 11.8 Å². The van der Waals surface area contributed by atoms with Crippen LogP contribution in [-0.2, 0) is 9.47 Å². The number of ether oxygens (including phenoxy) is 2. The van der Waals surface area contributed by atoms with Crippen molar-refractivity contribution in [3.63, 3.8) is 0 Å². The Bertz CT molecular complexity index is 145. The number of nitrogens with two attached hydrogens (primary N) is 1. The number of rotatable bonds is 6. The summed E-state index contributed by atoms with van der Waals surface area (Å²) in [4.78, 5) is 0. The molecular weight excluding hydrogens is 180 g/mol. The molecule has 0 aliphatic heterocycles. The fraction of sp³-hybridized carbons (Fsp3) is 1.00. The van der Waals surface area contributed by atoms with Crippen LogP contribution in [0.15, 0.2) is 0 Å². The van der Waals surface area contributed by atoms with Gasteiger partial charge in [0.05, 0.1) is 6.04 Å². The van der Waals surface area contributed by atoms with E-state index in [9.17, 15) is 0 Å². The summed E-state index contributed by atoms with van der Waals surface area (Å²) in [6.45, 7) is 0. The molecular formula is C10H22N2O2. The maximum absolute atomic E-state index is 5.49. The van der Waals surface area contributed by atoms with Gasteiger partial charge in [0.15, 0.2) is 6.29 Å². The van der Waals surface area contributed by atoms with E-state index in [0.717, 1.165) is 12.3 Å². The summed E-state index contributed by atoms with van der Waals surface area (Å²) in [7, 11) is 3.29. The first-order valence-electron chi connectivity index (χ1n) is 5.33. The maximum Gasteiger partial charge on any atom is 0.173 e. The summed E-state index contributed by atoms with van der Waals surface area (Å²) in [6, 6.07) is 0.105. The quantitative estimate of drug-likeness (QED) is 0.383. The number of methoxy groups -OCH3 is 2. The molecule has 4 heteroatoms. The molecule has 14 heavy (non-hydrogen) atoms. The van der Waals surface area contributed by atoms with Gasteiger partial charge in [0.2, 0.25) is 0 Å². The van der Waals surface area contributed by atoms with Gasteiger partial charge in [-0.3, -0.25) is 11.3 Å². The molecule has 1 unspecified atom stereocenters. The van der Waals surface area contributed by atoms with E-state index in [-0.39, 0.29) is 12.3 Å². The molecule has 0 aromatic rings. The number of hydrogen-bond donors (Lipinski definition) is 2. The molecule has 0 radical (unpaired) electrons. The summed E-state index contributed by atoms with van der Waals surface area (Å²) in [6.07, 6.45) is 6.15. The van der Waals surface area contributed by atoms with Crippen molar-refractivity contribution >= 4 is 0 Å². The molecule has 3 N–H and O–H groups in total. The van der Waals surface area contributed by atoms with Crippen LogP contribution in [0, 0.1) is 5.92 Å². The molecule has 0 bridgehead atoms. The van der Waals surface area contributed by atoms with E-state index in [1.807, 2.05) is 0 Å². The van der Waals surface area contributed by atoms with Crippen molar-refractivity contribution in [2.75, 3.05) is 14.2 Å². The maximum atomic E-state index is 5.49. The van der Waals surface area contributed by atoms with Gasteiger partial charge in [-0.2, -0.15) is 0 Å². The Morgan fingerprint density at radius 2 is 1.86 bits per heavy atom. The average molecular weight is 202 g/mol. The Morgan fingerprint density at radius 3 is 2.29 bits per heavy atom. The Kier molecular flexibility index (Phi) is 5.40. The second-order valence-corrected chi connectivity index (χ2v) is 4.00. The highest BCUT2D eigenvalue weighted by Crippen LogP contribution is 2.29. The first-order valence-corrected chi connectivity index (χ1v) is 5.33. The van der Waals surface area contributed by atoms with Gasteiger partial charge >= 0.3 is 0 Å². The molecule has 0 amide bonds. The highest BCUT2D eigenvalue weighted by Gasteiger charge is 2.25. The van der Waals surface area contributed by atoms with Gasteiger partial charge in [-0.05, 0) is 12.3 Å². The highest BCUT2D eigenvalue weighted by atomic mass is 16.7. The summed E-state index contributed by atoms with van der Waals surface area (Å²) < 4.78 is 10.4. The SMILES string of the molecule is COC(OC)C(CC1CCCC1)NN. The van der Waals surface area contributed by atoms with Gasteiger partial charge in [-0.25, -0.2) is 0 Å². The summed E-state index contributed by atoms with van der Waals surface area (Å²) in [5.41, 5.74) is 2.78. The molecule has 1 fully saturated rings. The Balaban J connectivity index is 2.35. The summed E-state index contributed by atoms with van der Waals surface area (Å²) in [5, 5.41) is 0. The van der Waals surface area contributed by atoms with Crippen molar-refractivity contribution in [2.45, 2.75) is 44.4 Å². The second-order valence-electron chi connectivity index (χ2n) is 4.00. The van der Waals surface area contributed by atoms with Crippen LogP contribution in [-0.4, -0.2) is 26.6 Å². The standard InChI is InChI=1S/C10H22N2O2/c1-13-10(14-2)9(12-11)7-8-5-3-4-6-8/h8-10,12H,3-7,11H2,1-2H3. The van der Waals surface area contributed by atoms with Crippen LogP contribution >= 0.6 is 0 Å². The molecule has 1 rings (SSSR count). The number of nitrogens with one attached hydrogen (secondary N) is 1. The molecule has 4 nitrogen and oxygen atoms in total. The van der Waals surface area contributed by atoms with E-state index in [2.05, 4.69) is 5.43 Å². The van der Waals surface area contributed by atoms with Crippen LogP contribution in [0.25, 0.3) is 0 Å². The van der Waals surface area contributed by atoms with Crippen LogP contribution in [0.3, 0.4) is 0 Å². The van der Waals surface area contributed by atoms with Crippen molar-refractivity contribution in [1.29, 1.82) is 0 Å². The van der Waals surface area contributed by atoms with Crippen LogP contribution in [0.4, 0.5) is 0 Å². The van der Waals surface area contributed by atoms with Gasteiger partial charge in [0, 0.05) is 14.2 Å². The third-order valence-electron chi connectivity index (χ3n) is 3.07. The van der Waals surface area contributed by atoms with E-state index >= 15 is 0 Å². The lowest BCUT2D eigenvalue weighted by atomic mass is 9.98. The van der Waals surface area contributed by atoms with Gasteiger partial charge in [0.1, 0.15) is 0 Å². The molecule has 84 valence electrons. The number of hydrogen-bond acceptors (Lipinski definition) is 4. The van der Waals surface area contributed by atoms with Crippen molar-refractivity contribution in [3.05, 3.63) is 0 Å². The average Bonchev–Trinajstić information content (AvgIpc) is 2.70. The molecule has 1 aliphatic carbocycles. The minimum Gasteiger partial charge on any atom is -0.354 e. The van der Waals surface area contributed by atoms with E-state index in [4.69, 9.17) is 15.3 Å². The molecule has 0 aromatic carbocycles. The second kappa shape index (κ2) is 6.35. The predicted octanol–water partition coefficient (Wildman–Crippen LogP) is 1.02. The van der Waals surface area contributed by atoms with Gasteiger partial charge < -0.3 is 9.47 Å². The zero-order valence-electron chi connectivity index (χ0n) is 9.16. The van der Waals surface area contributed by atoms with E-state index < -0.39 is 0 Å². The monoisotopic (exact) mass is 202 g/mol. The van der Waals surface area contributed by atoms with Gasteiger partial charge in [-0.1, -0.05) is 25.7 Å². The first-order chi connectivity index (χ1) is 6.81. The molecule has 1 saturated carbocycles. The summed E-state index contributed by atoms with van der Waals surface area (Å²) in [5.74, 6) is 6.27. The normalized spacial score (nSPS) is 20.6. The first kappa shape index (κ1) is 11.9. The van der Waals surface area contributed by atoms with Crippen molar-refractivity contribution < 1.29 is 9.47 Å². The lowest BCUT2D eigenvalue weighted by Gasteiger charge is -2.26. The van der Waals surface area contributed by atoms with Crippen LogP contribution in [0.2, 0.25) is 0 Å². The van der Waals surface area contributed by atoms with Crippen LogP contribution < -0.4 is 11.3 Å². The van der Waals surface area contributed by atoms with Crippen LogP contribution in [0.5, 0.6) is 0 Å². The fourth-order valence-electron chi connectivity index (χ4n) is 2.29. The fourth-order valence-corrected chi connectivity index (χ4v) is 2.29. The minimum atomic E-state index is -0.236. The molecule has 1 aliphatic rings. The molecule has 0 saturated heterocycles. The Hall–Kier alpha value is -0.160. The summed E-state index contributed by atoms with van der Waals surface area (Å²) >= 11 is 0. The largest absolute Gasteiger partial charge is 0.354 e. The minimum absolute atomic E-state index is 0.105. The zero-order valence-corrected chi connectivity index (χ0v) is 9.16. The molecule has 1 atom stereocenters. The van der Waals surface area contributed by atoms with Crippen molar-refractivity contribution in [1.82, 2.24) is 5.43 Å². The molecule has 0 spiro atoms. The third-order valence-corrected chi connectivity index (χ3v) is 3.07. The smallest absolute Gasteiger partial charge is 0.173 e. The van der Waals surface area contributed by atoms with Crippen LogP contribution in [0.1, 0.15) is 32.1 Å². The highest BCUT2D eigenvalue weighted by molar-refractivity contribution is 4.76. The van der Waals surface area contributed by atoms with E-state index in [0.29, 0.717) is 0 Å². The topological polar surface area (TPSA) is 56.5 Å². The Morgan fingerprint density at radius 1 is 1.29 bits per heavy atom. The van der Waals surface area contributed by atoms with E-state index in [1.54, 1.807) is 14.2 Å². The zero-order chi connectivity index (χ0) is 10.4. The molecule has 0 heterocycles. The predicted molar refractivity (Wildman–Crippen MR) is 55.5 cm³/mol. The lowest BCUT2D eigenvalue weighted by Crippen LogP contribution is -2.46. The van der Waals surface area contributed by atoms with Crippen molar-refractivity contribution in [3.8, 4) is 0 Å². The van der Waals surface area contributed by atoms with E-state index in [1.165, 1.54) is 25.7 Å².